The van der Waals surface area contributed by atoms with Gasteiger partial charge in [0, 0.05) is 24.7 Å². The van der Waals surface area contributed by atoms with Crippen molar-refractivity contribution in [3.63, 3.8) is 0 Å². The van der Waals surface area contributed by atoms with Gasteiger partial charge < -0.3 is 5.32 Å². The molecule has 0 saturated carbocycles. The quantitative estimate of drug-likeness (QED) is 0.823. The normalized spacial score (nSPS) is 18.2. The fraction of sp³-hybridized carbons (Fsp3) is 0.417. The number of nitrogens with zero attached hydrogens (tertiary/aromatic N) is 1. The van der Waals surface area contributed by atoms with Gasteiger partial charge in [-0.15, -0.1) is 0 Å². The number of hydrogen-bond donors (Lipinski definition) is 2. The molecule has 1 aromatic rings. The molecule has 1 aliphatic heterocycles. The summed E-state index contributed by atoms with van der Waals surface area (Å²) in [4.78, 5) is 11.9. The van der Waals surface area contributed by atoms with Gasteiger partial charge in [-0.1, -0.05) is 18.2 Å². The van der Waals surface area contributed by atoms with Gasteiger partial charge in [0.1, 0.15) is 0 Å². The third-order valence-electron chi connectivity index (χ3n) is 3.19. The summed E-state index contributed by atoms with van der Waals surface area (Å²) in [5.41, 5.74) is 0.608. The first-order valence-corrected chi connectivity index (χ1v) is 7.61. The second-order valence-corrected chi connectivity index (χ2v) is 6.10. The van der Waals surface area contributed by atoms with E-state index in [4.69, 9.17) is 5.14 Å². The topological polar surface area (TPSA) is 92.5 Å². The van der Waals surface area contributed by atoms with Crippen LogP contribution in [0.15, 0.2) is 30.3 Å². The summed E-state index contributed by atoms with van der Waals surface area (Å²) < 4.78 is 23.5. The van der Waals surface area contributed by atoms with E-state index in [1.807, 2.05) is 6.07 Å². The van der Waals surface area contributed by atoms with E-state index in [0.717, 1.165) is 0 Å². The van der Waals surface area contributed by atoms with Crippen molar-refractivity contribution >= 4 is 16.1 Å². The van der Waals surface area contributed by atoms with Crippen molar-refractivity contribution in [2.24, 2.45) is 5.14 Å². The zero-order valence-electron chi connectivity index (χ0n) is 10.5. The van der Waals surface area contributed by atoms with Crippen LogP contribution in [-0.2, 0) is 10.2 Å². The number of carbonyl (C=O) groups is 1. The van der Waals surface area contributed by atoms with E-state index in [1.165, 1.54) is 4.31 Å². The highest BCUT2D eigenvalue weighted by molar-refractivity contribution is 7.86. The van der Waals surface area contributed by atoms with Gasteiger partial charge in [-0.3, -0.25) is 4.79 Å². The molecule has 1 aliphatic rings. The number of benzene rings is 1. The van der Waals surface area contributed by atoms with Gasteiger partial charge in [-0.2, -0.15) is 12.7 Å². The number of piperidine rings is 1. The summed E-state index contributed by atoms with van der Waals surface area (Å²) >= 11 is 0. The van der Waals surface area contributed by atoms with Crippen LogP contribution in [0.4, 0.5) is 0 Å². The first kappa shape index (κ1) is 14.0. The molecule has 1 aromatic carbocycles. The molecule has 0 bridgehead atoms. The SMILES string of the molecule is NS(=O)(=O)N1CCC(NC(=O)c2ccccc2)CC1. The average molecular weight is 283 g/mol. The van der Waals surface area contributed by atoms with E-state index < -0.39 is 10.2 Å². The lowest BCUT2D eigenvalue weighted by molar-refractivity contribution is 0.0924. The Balaban J connectivity index is 1.88. The Morgan fingerprint density at radius 1 is 1.21 bits per heavy atom. The van der Waals surface area contributed by atoms with Crippen molar-refractivity contribution < 1.29 is 13.2 Å². The number of nitrogens with one attached hydrogen (secondary N) is 1. The predicted octanol–water partition coefficient (Wildman–Crippen LogP) is 0.0843. The zero-order chi connectivity index (χ0) is 13.9. The molecule has 0 aromatic heterocycles. The van der Waals surface area contributed by atoms with E-state index in [0.29, 0.717) is 31.5 Å². The largest absolute Gasteiger partial charge is 0.349 e. The molecule has 19 heavy (non-hydrogen) atoms. The van der Waals surface area contributed by atoms with Gasteiger partial charge in [0.25, 0.3) is 16.1 Å². The van der Waals surface area contributed by atoms with E-state index >= 15 is 0 Å². The maximum absolute atomic E-state index is 11.9. The summed E-state index contributed by atoms with van der Waals surface area (Å²) in [5, 5.41) is 7.96. The lowest BCUT2D eigenvalue weighted by atomic mass is 10.1. The summed E-state index contributed by atoms with van der Waals surface area (Å²) in [5.74, 6) is -0.130. The second-order valence-electron chi connectivity index (χ2n) is 4.56. The van der Waals surface area contributed by atoms with Crippen molar-refractivity contribution in [1.82, 2.24) is 9.62 Å². The minimum Gasteiger partial charge on any atom is -0.349 e. The molecule has 1 amide bonds. The Bertz CT molecular complexity index is 537. The molecule has 0 atom stereocenters. The van der Waals surface area contributed by atoms with Crippen LogP contribution in [-0.4, -0.2) is 37.8 Å². The average Bonchev–Trinajstić information content (AvgIpc) is 2.39. The van der Waals surface area contributed by atoms with Gasteiger partial charge >= 0.3 is 0 Å². The minimum atomic E-state index is -3.61. The maximum atomic E-state index is 11.9. The van der Waals surface area contributed by atoms with Crippen molar-refractivity contribution in [2.75, 3.05) is 13.1 Å². The second kappa shape index (κ2) is 5.68. The van der Waals surface area contributed by atoms with Crippen molar-refractivity contribution in [3.05, 3.63) is 35.9 Å². The number of rotatable bonds is 3. The van der Waals surface area contributed by atoms with E-state index in [-0.39, 0.29) is 11.9 Å². The Morgan fingerprint density at radius 2 is 1.79 bits per heavy atom. The standard InChI is InChI=1S/C12H17N3O3S/c13-19(17,18)15-8-6-11(7-9-15)14-12(16)10-4-2-1-3-5-10/h1-5,11H,6-9H2,(H,14,16)(H2,13,17,18). The Hall–Kier alpha value is -1.44. The fourth-order valence-corrected chi connectivity index (χ4v) is 2.83. The van der Waals surface area contributed by atoms with Gasteiger partial charge in [-0.05, 0) is 25.0 Å². The van der Waals surface area contributed by atoms with Crippen LogP contribution in [0.2, 0.25) is 0 Å². The molecule has 6 nitrogen and oxygen atoms in total. The third-order valence-corrected chi connectivity index (χ3v) is 4.27. The van der Waals surface area contributed by atoms with Gasteiger partial charge in [-0.25, -0.2) is 5.14 Å². The highest BCUT2D eigenvalue weighted by atomic mass is 32.2. The minimum absolute atomic E-state index is 0.00861. The summed E-state index contributed by atoms with van der Waals surface area (Å²) in [6, 6.07) is 8.94. The smallest absolute Gasteiger partial charge is 0.276 e. The Kier molecular flexibility index (Phi) is 4.18. The number of nitrogens with two attached hydrogens (primary N) is 1. The monoisotopic (exact) mass is 283 g/mol. The van der Waals surface area contributed by atoms with Crippen molar-refractivity contribution in [1.29, 1.82) is 0 Å². The van der Waals surface area contributed by atoms with E-state index in [9.17, 15) is 13.2 Å². The molecule has 0 spiro atoms. The fourth-order valence-electron chi connectivity index (χ4n) is 2.11. The molecule has 2 rings (SSSR count). The molecule has 104 valence electrons. The highest BCUT2D eigenvalue weighted by Crippen LogP contribution is 2.12. The van der Waals surface area contributed by atoms with Crippen LogP contribution in [0, 0.1) is 0 Å². The van der Waals surface area contributed by atoms with Crippen LogP contribution in [0.5, 0.6) is 0 Å². The van der Waals surface area contributed by atoms with Crippen LogP contribution in [0.1, 0.15) is 23.2 Å². The lowest BCUT2D eigenvalue weighted by Crippen LogP contribution is -2.48. The van der Waals surface area contributed by atoms with Gasteiger partial charge in [0.15, 0.2) is 0 Å². The van der Waals surface area contributed by atoms with E-state index in [2.05, 4.69) is 5.32 Å². The van der Waals surface area contributed by atoms with Crippen molar-refractivity contribution in [2.45, 2.75) is 18.9 Å². The lowest BCUT2D eigenvalue weighted by Gasteiger charge is -2.30. The molecule has 7 heteroatoms. The van der Waals surface area contributed by atoms with Crippen LogP contribution in [0.25, 0.3) is 0 Å². The van der Waals surface area contributed by atoms with E-state index in [1.54, 1.807) is 24.3 Å². The van der Waals surface area contributed by atoms with Crippen LogP contribution in [0.3, 0.4) is 0 Å². The molecular weight excluding hydrogens is 266 g/mol. The molecule has 1 heterocycles. The molecular formula is C12H17N3O3S. The summed E-state index contributed by atoms with van der Waals surface area (Å²) in [7, 11) is -3.61. The maximum Gasteiger partial charge on any atom is 0.276 e. The van der Waals surface area contributed by atoms with Crippen molar-refractivity contribution in [3.8, 4) is 0 Å². The first-order chi connectivity index (χ1) is 8.97. The number of carbonyl (C=O) groups excluding carboxylic acids is 1. The van der Waals surface area contributed by atoms with Gasteiger partial charge in [0.2, 0.25) is 0 Å². The summed E-state index contributed by atoms with van der Waals surface area (Å²) in [6.07, 6.45) is 1.16. The van der Waals surface area contributed by atoms with Crippen LogP contribution < -0.4 is 10.5 Å². The predicted molar refractivity (Wildman–Crippen MR) is 71.6 cm³/mol. The summed E-state index contributed by atoms with van der Waals surface area (Å²) in [6.45, 7) is 0.692. The molecule has 1 saturated heterocycles. The third kappa shape index (κ3) is 3.76. The molecule has 0 radical (unpaired) electrons. The number of hydrogen-bond acceptors (Lipinski definition) is 3. The van der Waals surface area contributed by atoms with Gasteiger partial charge in [0.05, 0.1) is 0 Å². The molecule has 3 N–H and O–H groups in total. The number of amides is 1. The highest BCUT2D eigenvalue weighted by Gasteiger charge is 2.26. The van der Waals surface area contributed by atoms with Crippen LogP contribution >= 0.6 is 0 Å². The Morgan fingerprint density at radius 3 is 2.32 bits per heavy atom. The zero-order valence-corrected chi connectivity index (χ0v) is 11.3. The first-order valence-electron chi connectivity index (χ1n) is 6.10. The molecule has 1 fully saturated rings. The Labute approximate surface area is 112 Å². The molecule has 0 aliphatic carbocycles. The molecule has 0 unspecified atom stereocenters.